The van der Waals surface area contributed by atoms with Crippen LogP contribution in [0, 0.1) is 6.92 Å². The molecule has 19 heavy (non-hydrogen) atoms. The molecule has 0 aliphatic carbocycles. The second-order valence-electron chi connectivity index (χ2n) is 4.98. The van der Waals surface area contributed by atoms with Crippen LogP contribution in [0.25, 0.3) is 0 Å². The fourth-order valence-corrected chi connectivity index (χ4v) is 2.45. The number of rotatable bonds is 6. The molecule has 0 fully saturated rings. The van der Waals surface area contributed by atoms with E-state index in [1.165, 1.54) is 0 Å². The maximum Gasteiger partial charge on any atom is 0.252 e. The number of halogens is 1. The number of nitrogens with one attached hydrogen (secondary N) is 1. The zero-order valence-corrected chi connectivity index (χ0v) is 13.8. The van der Waals surface area contributed by atoms with Crippen molar-refractivity contribution in [3.8, 4) is 0 Å². The summed E-state index contributed by atoms with van der Waals surface area (Å²) >= 11 is 3.43. The van der Waals surface area contributed by atoms with Crippen molar-refractivity contribution < 1.29 is 4.79 Å². The molecule has 0 aliphatic heterocycles. The summed E-state index contributed by atoms with van der Waals surface area (Å²) in [7, 11) is 2.09. The fourth-order valence-electron chi connectivity index (χ4n) is 1.78. The van der Waals surface area contributed by atoms with Crippen LogP contribution in [0.15, 0.2) is 22.7 Å². The summed E-state index contributed by atoms with van der Waals surface area (Å²) in [6.07, 6.45) is 1.12. The smallest absolute Gasteiger partial charge is 0.252 e. The van der Waals surface area contributed by atoms with Crippen LogP contribution in [0.5, 0.6) is 0 Å². The largest absolute Gasteiger partial charge is 0.351 e. The van der Waals surface area contributed by atoms with Gasteiger partial charge in [-0.15, -0.1) is 0 Å². The zero-order chi connectivity index (χ0) is 14.4. The average Bonchev–Trinajstić information content (AvgIpc) is 2.37. The molecule has 106 valence electrons. The quantitative estimate of drug-likeness (QED) is 0.870. The minimum atomic E-state index is -0.0237. The minimum absolute atomic E-state index is 0.0237. The van der Waals surface area contributed by atoms with Gasteiger partial charge < -0.3 is 10.2 Å². The highest BCUT2D eigenvalue weighted by Crippen LogP contribution is 2.18. The lowest BCUT2D eigenvalue weighted by atomic mass is 10.1. The summed E-state index contributed by atoms with van der Waals surface area (Å²) in [6, 6.07) is 6.31. The predicted octanol–water partition coefficient (Wildman–Crippen LogP) is 3.22. The fraction of sp³-hybridized carbons (Fsp3) is 0.533. The van der Waals surface area contributed by atoms with E-state index in [0.29, 0.717) is 18.2 Å². The Labute approximate surface area is 124 Å². The van der Waals surface area contributed by atoms with Gasteiger partial charge in [0, 0.05) is 23.6 Å². The third-order valence-corrected chi connectivity index (χ3v) is 4.12. The van der Waals surface area contributed by atoms with Crippen molar-refractivity contribution in [3.63, 3.8) is 0 Å². The number of carbonyl (C=O) groups excluding carboxylic acids is 1. The van der Waals surface area contributed by atoms with E-state index in [1.54, 1.807) is 0 Å². The lowest BCUT2D eigenvalue weighted by Gasteiger charge is -2.23. The number of nitrogens with zero attached hydrogens (tertiary/aromatic N) is 1. The normalized spacial score (nSPS) is 12.5. The molecule has 1 atom stereocenters. The van der Waals surface area contributed by atoms with Crippen molar-refractivity contribution in [2.24, 2.45) is 0 Å². The summed E-state index contributed by atoms with van der Waals surface area (Å²) < 4.78 is 0.847. The lowest BCUT2D eigenvalue weighted by Crippen LogP contribution is -2.37. The molecule has 1 aromatic carbocycles. The Hall–Kier alpha value is -0.870. The average molecular weight is 327 g/mol. The number of benzene rings is 1. The van der Waals surface area contributed by atoms with Crippen molar-refractivity contribution in [2.75, 3.05) is 20.1 Å². The van der Waals surface area contributed by atoms with Crippen LogP contribution < -0.4 is 5.32 Å². The van der Waals surface area contributed by atoms with Crippen molar-refractivity contribution >= 4 is 21.8 Å². The topological polar surface area (TPSA) is 32.3 Å². The van der Waals surface area contributed by atoms with Gasteiger partial charge in [-0.25, -0.2) is 0 Å². The molecule has 1 N–H and O–H groups in total. The van der Waals surface area contributed by atoms with Crippen LogP contribution in [0.1, 0.15) is 36.2 Å². The van der Waals surface area contributed by atoms with Gasteiger partial charge in [-0.05, 0) is 60.9 Å². The highest BCUT2D eigenvalue weighted by molar-refractivity contribution is 9.10. The van der Waals surface area contributed by atoms with Crippen LogP contribution >= 0.6 is 15.9 Å². The van der Waals surface area contributed by atoms with E-state index in [4.69, 9.17) is 0 Å². The highest BCUT2D eigenvalue weighted by atomic mass is 79.9. The second-order valence-corrected chi connectivity index (χ2v) is 5.83. The Morgan fingerprint density at radius 2 is 2.16 bits per heavy atom. The maximum absolute atomic E-state index is 12.0. The number of likely N-dealkylation sites (N-methyl/N-ethyl adjacent to an activating group) is 1. The van der Waals surface area contributed by atoms with Gasteiger partial charge in [-0.3, -0.25) is 4.79 Å². The molecule has 4 heteroatoms. The predicted molar refractivity (Wildman–Crippen MR) is 83.6 cm³/mol. The van der Waals surface area contributed by atoms with Gasteiger partial charge in [0.25, 0.3) is 5.91 Å². The van der Waals surface area contributed by atoms with Crippen LogP contribution in [-0.4, -0.2) is 37.0 Å². The first-order chi connectivity index (χ1) is 8.95. The second kappa shape index (κ2) is 7.65. The molecule has 0 bridgehead atoms. The molecule has 1 amide bonds. The Morgan fingerprint density at radius 3 is 2.74 bits per heavy atom. The summed E-state index contributed by atoms with van der Waals surface area (Å²) in [6.45, 7) is 7.90. The third kappa shape index (κ3) is 4.96. The molecule has 0 aliphatic rings. The van der Waals surface area contributed by atoms with E-state index in [-0.39, 0.29) is 5.91 Å². The maximum atomic E-state index is 12.0. The SMILES string of the molecule is CCC(C)N(C)CCNC(=O)c1ccc(C)cc1Br. The Kier molecular flexibility index (Phi) is 6.52. The van der Waals surface area contributed by atoms with Gasteiger partial charge in [0.2, 0.25) is 0 Å². The molecule has 1 rings (SSSR count). The first kappa shape index (κ1) is 16.2. The van der Waals surface area contributed by atoms with Crippen molar-refractivity contribution in [1.82, 2.24) is 10.2 Å². The van der Waals surface area contributed by atoms with Gasteiger partial charge in [-0.1, -0.05) is 13.0 Å². The van der Waals surface area contributed by atoms with Crippen molar-refractivity contribution in [2.45, 2.75) is 33.2 Å². The van der Waals surface area contributed by atoms with E-state index in [0.717, 1.165) is 23.0 Å². The number of carbonyl (C=O) groups is 1. The standard InChI is InChI=1S/C15H23BrN2O/c1-5-12(3)18(4)9-8-17-15(19)13-7-6-11(2)10-14(13)16/h6-7,10,12H,5,8-9H2,1-4H3,(H,17,19). The first-order valence-corrected chi connectivity index (χ1v) is 7.49. The molecule has 0 saturated carbocycles. The highest BCUT2D eigenvalue weighted by Gasteiger charge is 2.10. The Morgan fingerprint density at radius 1 is 1.47 bits per heavy atom. The van der Waals surface area contributed by atoms with Crippen molar-refractivity contribution in [1.29, 1.82) is 0 Å². The summed E-state index contributed by atoms with van der Waals surface area (Å²) in [5, 5.41) is 2.96. The van der Waals surface area contributed by atoms with Crippen molar-refractivity contribution in [3.05, 3.63) is 33.8 Å². The Bertz CT molecular complexity index is 434. The first-order valence-electron chi connectivity index (χ1n) is 6.70. The van der Waals surface area contributed by atoms with Crippen LogP contribution in [-0.2, 0) is 0 Å². The summed E-state index contributed by atoms with van der Waals surface area (Å²) in [5.41, 5.74) is 1.83. The van der Waals surface area contributed by atoms with E-state index in [2.05, 4.69) is 47.0 Å². The molecule has 3 nitrogen and oxygen atoms in total. The van der Waals surface area contributed by atoms with E-state index >= 15 is 0 Å². The molecule has 0 heterocycles. The molecule has 0 aromatic heterocycles. The molecular formula is C15H23BrN2O. The summed E-state index contributed by atoms with van der Waals surface area (Å²) in [4.78, 5) is 14.3. The van der Waals surface area contributed by atoms with Crippen LogP contribution in [0.4, 0.5) is 0 Å². The lowest BCUT2D eigenvalue weighted by molar-refractivity contribution is 0.0946. The van der Waals surface area contributed by atoms with E-state index < -0.39 is 0 Å². The van der Waals surface area contributed by atoms with Gasteiger partial charge in [-0.2, -0.15) is 0 Å². The molecule has 1 aromatic rings. The Balaban J connectivity index is 2.47. The van der Waals surface area contributed by atoms with Gasteiger partial charge >= 0.3 is 0 Å². The van der Waals surface area contributed by atoms with E-state index in [9.17, 15) is 4.79 Å². The molecule has 1 unspecified atom stereocenters. The summed E-state index contributed by atoms with van der Waals surface area (Å²) in [5.74, 6) is -0.0237. The zero-order valence-electron chi connectivity index (χ0n) is 12.2. The van der Waals surface area contributed by atoms with Crippen LogP contribution in [0.2, 0.25) is 0 Å². The molecule has 0 spiro atoms. The van der Waals surface area contributed by atoms with Gasteiger partial charge in [0.05, 0.1) is 5.56 Å². The number of hydrogen-bond acceptors (Lipinski definition) is 2. The van der Waals surface area contributed by atoms with E-state index in [1.807, 2.05) is 25.1 Å². The number of amides is 1. The molecule has 0 saturated heterocycles. The van der Waals surface area contributed by atoms with Gasteiger partial charge in [0.15, 0.2) is 0 Å². The third-order valence-electron chi connectivity index (χ3n) is 3.46. The number of hydrogen-bond donors (Lipinski definition) is 1. The minimum Gasteiger partial charge on any atom is -0.351 e. The van der Waals surface area contributed by atoms with Gasteiger partial charge in [0.1, 0.15) is 0 Å². The monoisotopic (exact) mass is 326 g/mol. The number of aryl methyl sites for hydroxylation is 1. The molecule has 0 radical (unpaired) electrons. The van der Waals surface area contributed by atoms with Crippen LogP contribution in [0.3, 0.4) is 0 Å². The molecular weight excluding hydrogens is 304 g/mol.